The Balaban J connectivity index is 2.35. The normalized spacial score (nSPS) is 11.0. The molecule has 0 saturated heterocycles. The van der Waals surface area contributed by atoms with E-state index >= 15 is 0 Å². The summed E-state index contributed by atoms with van der Waals surface area (Å²) in [5, 5.41) is 14.0. The minimum atomic E-state index is -0.406. The van der Waals surface area contributed by atoms with E-state index in [9.17, 15) is 9.50 Å². The Hall–Kier alpha value is -2.07. The zero-order valence-electron chi connectivity index (χ0n) is 9.02. The lowest BCUT2D eigenvalue weighted by Crippen LogP contribution is -1.84. The van der Waals surface area contributed by atoms with Crippen molar-refractivity contribution < 1.29 is 14.0 Å². The van der Waals surface area contributed by atoms with Crippen LogP contribution >= 0.6 is 11.6 Å². The molecule has 0 aliphatic heterocycles. The second kappa shape index (κ2) is 3.99. The van der Waals surface area contributed by atoms with Gasteiger partial charge in [-0.2, -0.15) is 0 Å². The second-order valence-corrected chi connectivity index (χ2v) is 4.22. The second-order valence-electron chi connectivity index (χ2n) is 3.81. The standard InChI is InChI=1S/C13H7ClFNO2/c14-9-5-7(17)6-11-12(9)13(16-18-11)8-3-1-2-4-10(8)15/h1-6,17H. The first-order chi connectivity index (χ1) is 8.66. The lowest BCUT2D eigenvalue weighted by Gasteiger charge is -2.00. The molecule has 0 amide bonds. The number of nitrogens with zero attached hydrogens (tertiary/aromatic N) is 1. The zero-order chi connectivity index (χ0) is 12.7. The molecule has 3 rings (SSSR count). The quantitative estimate of drug-likeness (QED) is 0.722. The fourth-order valence-corrected chi connectivity index (χ4v) is 2.14. The number of aromatic hydroxyl groups is 1. The van der Waals surface area contributed by atoms with Crippen LogP contribution in [0.25, 0.3) is 22.2 Å². The van der Waals surface area contributed by atoms with Crippen LogP contribution in [0.3, 0.4) is 0 Å². The van der Waals surface area contributed by atoms with Crippen LogP contribution < -0.4 is 0 Å². The first kappa shape index (κ1) is 11.0. The molecule has 90 valence electrons. The number of phenols is 1. The van der Waals surface area contributed by atoms with E-state index in [1.807, 2.05) is 0 Å². The number of phenolic OH excluding ortho intramolecular Hbond substituents is 1. The highest BCUT2D eigenvalue weighted by Gasteiger charge is 2.17. The molecule has 0 radical (unpaired) electrons. The van der Waals surface area contributed by atoms with Crippen molar-refractivity contribution in [2.45, 2.75) is 0 Å². The Bertz CT molecular complexity index is 739. The third-order valence-electron chi connectivity index (χ3n) is 2.64. The number of rotatable bonds is 1. The summed E-state index contributed by atoms with van der Waals surface area (Å²) in [5.74, 6) is -0.430. The highest BCUT2D eigenvalue weighted by molar-refractivity contribution is 6.36. The lowest BCUT2D eigenvalue weighted by atomic mass is 10.1. The fraction of sp³-hybridized carbons (Fsp3) is 0. The summed E-state index contributed by atoms with van der Waals surface area (Å²) in [5.41, 5.74) is 0.954. The van der Waals surface area contributed by atoms with Gasteiger partial charge in [-0.3, -0.25) is 0 Å². The van der Waals surface area contributed by atoms with Crippen LogP contribution in [0.1, 0.15) is 0 Å². The van der Waals surface area contributed by atoms with E-state index in [-0.39, 0.29) is 10.8 Å². The summed E-state index contributed by atoms with van der Waals surface area (Å²) >= 11 is 6.03. The van der Waals surface area contributed by atoms with Gasteiger partial charge in [-0.25, -0.2) is 4.39 Å². The Morgan fingerprint density at radius 2 is 2.00 bits per heavy atom. The minimum Gasteiger partial charge on any atom is -0.508 e. The van der Waals surface area contributed by atoms with Crippen molar-refractivity contribution in [2.75, 3.05) is 0 Å². The van der Waals surface area contributed by atoms with Crippen molar-refractivity contribution in [3.05, 3.63) is 47.2 Å². The van der Waals surface area contributed by atoms with Gasteiger partial charge in [-0.05, 0) is 18.2 Å². The topological polar surface area (TPSA) is 46.3 Å². The Labute approximate surface area is 106 Å². The van der Waals surface area contributed by atoms with E-state index in [0.29, 0.717) is 22.2 Å². The highest BCUT2D eigenvalue weighted by Crippen LogP contribution is 2.36. The maximum atomic E-state index is 13.7. The number of benzene rings is 2. The Morgan fingerprint density at radius 1 is 1.22 bits per heavy atom. The van der Waals surface area contributed by atoms with E-state index in [0.717, 1.165) is 0 Å². The average Bonchev–Trinajstić information content (AvgIpc) is 2.73. The third kappa shape index (κ3) is 1.62. The van der Waals surface area contributed by atoms with E-state index in [4.69, 9.17) is 16.1 Å². The third-order valence-corrected chi connectivity index (χ3v) is 2.94. The van der Waals surface area contributed by atoms with Gasteiger partial charge in [0.05, 0.1) is 10.4 Å². The summed E-state index contributed by atoms with van der Waals surface area (Å²) < 4.78 is 18.8. The lowest BCUT2D eigenvalue weighted by molar-refractivity contribution is 0.450. The van der Waals surface area contributed by atoms with Gasteiger partial charge in [0.25, 0.3) is 0 Å². The van der Waals surface area contributed by atoms with E-state index in [2.05, 4.69) is 5.16 Å². The van der Waals surface area contributed by atoms with Crippen LogP contribution in [-0.2, 0) is 0 Å². The highest BCUT2D eigenvalue weighted by atomic mass is 35.5. The van der Waals surface area contributed by atoms with Gasteiger partial charge in [0.2, 0.25) is 0 Å². The number of fused-ring (bicyclic) bond motifs is 1. The molecule has 0 fully saturated rings. The molecule has 18 heavy (non-hydrogen) atoms. The molecule has 0 aliphatic carbocycles. The molecule has 0 bridgehead atoms. The number of halogens is 2. The predicted octanol–water partition coefficient (Wildman–Crippen LogP) is 3.99. The number of aromatic nitrogens is 1. The molecule has 0 saturated carbocycles. The van der Waals surface area contributed by atoms with Crippen molar-refractivity contribution in [3.63, 3.8) is 0 Å². The van der Waals surface area contributed by atoms with Crippen LogP contribution in [0, 0.1) is 5.82 Å². The number of hydrogen-bond acceptors (Lipinski definition) is 3. The predicted molar refractivity (Wildman–Crippen MR) is 66.1 cm³/mol. The van der Waals surface area contributed by atoms with Crippen LogP contribution in [-0.4, -0.2) is 10.3 Å². The zero-order valence-corrected chi connectivity index (χ0v) is 9.78. The molecule has 0 unspecified atom stereocenters. The van der Waals surface area contributed by atoms with Crippen molar-refractivity contribution in [2.24, 2.45) is 0 Å². The Kier molecular flexibility index (Phi) is 2.45. The molecule has 1 heterocycles. The van der Waals surface area contributed by atoms with Gasteiger partial charge in [0.15, 0.2) is 5.58 Å². The molecule has 3 nitrogen and oxygen atoms in total. The van der Waals surface area contributed by atoms with E-state index in [1.165, 1.54) is 18.2 Å². The summed E-state index contributed by atoms with van der Waals surface area (Å²) in [6.07, 6.45) is 0. The summed E-state index contributed by atoms with van der Waals surface area (Å²) in [6.45, 7) is 0. The van der Waals surface area contributed by atoms with Crippen molar-refractivity contribution >= 4 is 22.6 Å². The first-order valence-corrected chi connectivity index (χ1v) is 5.57. The van der Waals surface area contributed by atoms with Gasteiger partial charge in [0.1, 0.15) is 17.3 Å². The summed E-state index contributed by atoms with van der Waals surface area (Å²) in [6, 6.07) is 8.98. The molecule has 0 aliphatic rings. The molecule has 1 N–H and O–H groups in total. The largest absolute Gasteiger partial charge is 0.508 e. The van der Waals surface area contributed by atoms with Crippen LogP contribution in [0.4, 0.5) is 4.39 Å². The van der Waals surface area contributed by atoms with Crippen LogP contribution in [0.15, 0.2) is 40.9 Å². The molecule has 2 aromatic carbocycles. The van der Waals surface area contributed by atoms with Crippen LogP contribution in [0.5, 0.6) is 5.75 Å². The van der Waals surface area contributed by atoms with Gasteiger partial charge >= 0.3 is 0 Å². The first-order valence-electron chi connectivity index (χ1n) is 5.19. The maximum Gasteiger partial charge on any atom is 0.172 e. The van der Waals surface area contributed by atoms with Crippen molar-refractivity contribution in [1.82, 2.24) is 5.16 Å². The summed E-state index contributed by atoms with van der Waals surface area (Å²) in [7, 11) is 0. The fourth-order valence-electron chi connectivity index (χ4n) is 1.85. The number of hydrogen-bond donors (Lipinski definition) is 1. The summed E-state index contributed by atoms with van der Waals surface area (Å²) in [4.78, 5) is 0. The van der Waals surface area contributed by atoms with Crippen LogP contribution in [0.2, 0.25) is 5.02 Å². The van der Waals surface area contributed by atoms with Crippen molar-refractivity contribution in [1.29, 1.82) is 0 Å². The molecule has 3 aromatic rings. The molecule has 5 heteroatoms. The van der Waals surface area contributed by atoms with Gasteiger partial charge in [-0.15, -0.1) is 0 Å². The molecular weight excluding hydrogens is 257 g/mol. The van der Waals surface area contributed by atoms with Gasteiger partial charge in [-0.1, -0.05) is 28.9 Å². The SMILES string of the molecule is Oc1cc(Cl)c2c(-c3ccccc3F)noc2c1. The Morgan fingerprint density at radius 3 is 2.78 bits per heavy atom. The van der Waals surface area contributed by atoms with Gasteiger partial charge < -0.3 is 9.63 Å². The smallest absolute Gasteiger partial charge is 0.172 e. The molecule has 1 aromatic heterocycles. The molecular formula is C13H7ClFNO2. The average molecular weight is 264 g/mol. The van der Waals surface area contributed by atoms with E-state index in [1.54, 1.807) is 18.2 Å². The van der Waals surface area contributed by atoms with E-state index < -0.39 is 5.82 Å². The van der Waals surface area contributed by atoms with Crippen molar-refractivity contribution in [3.8, 4) is 17.0 Å². The minimum absolute atomic E-state index is 0.0243. The maximum absolute atomic E-state index is 13.7. The van der Waals surface area contributed by atoms with Gasteiger partial charge in [0, 0.05) is 11.6 Å². The molecule has 0 atom stereocenters. The monoisotopic (exact) mass is 263 g/mol. The molecule has 0 spiro atoms.